The highest BCUT2D eigenvalue weighted by Crippen LogP contribution is 2.19. The molecular weight excluding hydrogens is 354 g/mol. The van der Waals surface area contributed by atoms with E-state index in [2.05, 4.69) is 5.32 Å². The Morgan fingerprint density at radius 3 is 2.39 bits per heavy atom. The van der Waals surface area contributed by atoms with Crippen LogP contribution in [-0.4, -0.2) is 41.8 Å². The lowest BCUT2D eigenvalue weighted by molar-refractivity contribution is -0.132. The number of nitrogens with one attached hydrogen (secondary N) is 1. The van der Waals surface area contributed by atoms with Crippen LogP contribution in [0.4, 0.5) is 0 Å². The molecule has 1 saturated heterocycles. The molecule has 1 atom stereocenters. The molecule has 0 radical (unpaired) electrons. The van der Waals surface area contributed by atoms with E-state index in [1.54, 1.807) is 11.0 Å². The van der Waals surface area contributed by atoms with Crippen molar-refractivity contribution < 1.29 is 14.4 Å². The minimum absolute atomic E-state index is 0.0332. The van der Waals surface area contributed by atoms with Crippen LogP contribution >= 0.6 is 0 Å². The molecule has 3 amide bonds. The first-order valence-electron chi connectivity index (χ1n) is 9.96. The molecule has 28 heavy (non-hydrogen) atoms. The zero-order valence-corrected chi connectivity index (χ0v) is 16.8. The van der Waals surface area contributed by atoms with Gasteiger partial charge >= 0.3 is 0 Å². The maximum absolute atomic E-state index is 12.6. The topological polar surface area (TPSA) is 92.5 Å². The molecule has 152 valence electrons. The zero-order chi connectivity index (χ0) is 20.5. The number of carbonyl (C=O) groups is 3. The smallest absolute Gasteiger partial charge is 0.246 e. The fraction of sp³-hybridized carbons (Fsp3) is 0.500. The third-order valence-corrected chi connectivity index (χ3v) is 4.95. The van der Waals surface area contributed by atoms with Crippen LogP contribution in [0, 0.1) is 11.8 Å². The first-order chi connectivity index (χ1) is 13.3. The van der Waals surface area contributed by atoms with E-state index >= 15 is 0 Å². The van der Waals surface area contributed by atoms with Crippen molar-refractivity contribution in [2.75, 3.05) is 13.1 Å². The SMILES string of the molecule is CC(C)CC(CC(N)=O)NC(=O)C1CCN(C(=O)/C=C/c2ccccc2)CC1. The van der Waals surface area contributed by atoms with E-state index in [9.17, 15) is 14.4 Å². The van der Waals surface area contributed by atoms with Gasteiger partial charge in [-0.1, -0.05) is 44.2 Å². The lowest BCUT2D eigenvalue weighted by Gasteiger charge is -2.31. The average Bonchev–Trinajstić information content (AvgIpc) is 2.66. The quantitative estimate of drug-likeness (QED) is 0.673. The zero-order valence-electron chi connectivity index (χ0n) is 16.8. The standard InChI is InChI=1S/C22H31N3O3/c1-16(2)14-19(15-20(23)26)24-22(28)18-10-12-25(13-11-18)21(27)9-8-17-6-4-3-5-7-17/h3-9,16,18-19H,10-15H2,1-2H3,(H2,23,26)(H,24,28)/b9-8+. The number of primary amides is 1. The third kappa shape index (κ3) is 7.18. The first-order valence-corrected chi connectivity index (χ1v) is 9.96. The molecule has 1 aliphatic heterocycles. The molecule has 1 heterocycles. The number of nitrogens with two attached hydrogens (primary N) is 1. The molecule has 2 rings (SSSR count). The van der Waals surface area contributed by atoms with Crippen LogP contribution in [-0.2, 0) is 14.4 Å². The summed E-state index contributed by atoms with van der Waals surface area (Å²) in [5.74, 6) is -0.255. The van der Waals surface area contributed by atoms with Crippen LogP contribution in [0.25, 0.3) is 6.08 Å². The summed E-state index contributed by atoms with van der Waals surface area (Å²) < 4.78 is 0. The Morgan fingerprint density at radius 2 is 1.82 bits per heavy atom. The minimum atomic E-state index is -0.406. The number of rotatable bonds is 8. The predicted octanol–water partition coefficient (Wildman–Crippen LogP) is 2.34. The summed E-state index contributed by atoms with van der Waals surface area (Å²) >= 11 is 0. The number of amides is 3. The van der Waals surface area contributed by atoms with Crippen LogP contribution in [0.1, 0.15) is 45.1 Å². The van der Waals surface area contributed by atoms with E-state index < -0.39 is 5.91 Å². The van der Waals surface area contributed by atoms with Crippen molar-refractivity contribution in [2.45, 2.75) is 45.6 Å². The average molecular weight is 386 g/mol. The van der Waals surface area contributed by atoms with Gasteiger partial charge in [-0.15, -0.1) is 0 Å². The van der Waals surface area contributed by atoms with Gasteiger partial charge in [0.05, 0.1) is 0 Å². The maximum atomic E-state index is 12.6. The van der Waals surface area contributed by atoms with Crippen molar-refractivity contribution in [3.63, 3.8) is 0 Å². The normalized spacial score (nSPS) is 16.3. The molecule has 0 bridgehead atoms. The van der Waals surface area contributed by atoms with Crippen LogP contribution in [0.3, 0.4) is 0 Å². The van der Waals surface area contributed by atoms with Gasteiger partial charge in [0.25, 0.3) is 0 Å². The van der Waals surface area contributed by atoms with Crippen LogP contribution in [0.5, 0.6) is 0 Å². The third-order valence-electron chi connectivity index (χ3n) is 4.95. The first kappa shape index (κ1) is 21.7. The molecule has 0 aromatic heterocycles. The summed E-state index contributed by atoms with van der Waals surface area (Å²) in [5.41, 5.74) is 6.29. The highest BCUT2D eigenvalue weighted by molar-refractivity contribution is 5.92. The summed E-state index contributed by atoms with van der Waals surface area (Å²) in [6.07, 6.45) is 5.52. The van der Waals surface area contributed by atoms with E-state index in [-0.39, 0.29) is 30.2 Å². The Kier molecular flexibility index (Phi) is 8.23. The lowest BCUT2D eigenvalue weighted by atomic mass is 9.94. The largest absolute Gasteiger partial charge is 0.370 e. The molecule has 1 aromatic rings. The van der Waals surface area contributed by atoms with Gasteiger partial charge in [0.2, 0.25) is 17.7 Å². The summed E-state index contributed by atoms with van der Waals surface area (Å²) in [5, 5.41) is 2.98. The number of nitrogens with zero attached hydrogens (tertiary/aromatic N) is 1. The maximum Gasteiger partial charge on any atom is 0.246 e. The number of hydrogen-bond donors (Lipinski definition) is 2. The molecule has 1 fully saturated rings. The molecule has 1 aliphatic rings. The van der Waals surface area contributed by atoms with Crippen molar-refractivity contribution in [2.24, 2.45) is 17.6 Å². The van der Waals surface area contributed by atoms with Gasteiger partial charge in [0.1, 0.15) is 0 Å². The predicted molar refractivity (Wildman–Crippen MR) is 110 cm³/mol. The minimum Gasteiger partial charge on any atom is -0.370 e. The summed E-state index contributed by atoms with van der Waals surface area (Å²) in [7, 11) is 0. The number of carbonyl (C=O) groups excluding carboxylic acids is 3. The van der Waals surface area contributed by atoms with E-state index in [4.69, 9.17) is 5.73 Å². The van der Waals surface area contributed by atoms with Crippen LogP contribution in [0.15, 0.2) is 36.4 Å². The fourth-order valence-electron chi connectivity index (χ4n) is 3.52. The van der Waals surface area contributed by atoms with Crippen molar-refractivity contribution in [3.8, 4) is 0 Å². The molecule has 3 N–H and O–H groups in total. The molecule has 0 saturated carbocycles. The Labute approximate surface area is 167 Å². The number of hydrogen-bond acceptors (Lipinski definition) is 3. The van der Waals surface area contributed by atoms with Crippen molar-refractivity contribution in [3.05, 3.63) is 42.0 Å². The van der Waals surface area contributed by atoms with Gasteiger partial charge in [0, 0.05) is 37.5 Å². The molecule has 0 aliphatic carbocycles. The molecular formula is C22H31N3O3. The van der Waals surface area contributed by atoms with Crippen molar-refractivity contribution in [1.82, 2.24) is 10.2 Å². The van der Waals surface area contributed by atoms with Gasteiger partial charge < -0.3 is 16.0 Å². The molecule has 1 aromatic carbocycles. The number of likely N-dealkylation sites (tertiary alicyclic amines) is 1. The second-order valence-electron chi connectivity index (χ2n) is 7.85. The van der Waals surface area contributed by atoms with Gasteiger partial charge in [0.15, 0.2) is 0 Å². The number of piperidine rings is 1. The Bertz CT molecular complexity index is 692. The van der Waals surface area contributed by atoms with Gasteiger partial charge in [-0.3, -0.25) is 14.4 Å². The molecule has 6 heteroatoms. The second kappa shape index (κ2) is 10.6. The van der Waals surface area contributed by atoms with E-state index in [0.29, 0.717) is 31.8 Å². The van der Waals surface area contributed by atoms with Crippen LogP contribution in [0.2, 0.25) is 0 Å². The van der Waals surface area contributed by atoms with E-state index in [1.807, 2.05) is 50.3 Å². The second-order valence-corrected chi connectivity index (χ2v) is 7.85. The summed E-state index contributed by atoms with van der Waals surface area (Å²) in [6.45, 7) is 5.21. The van der Waals surface area contributed by atoms with E-state index in [1.165, 1.54) is 0 Å². The number of benzene rings is 1. The molecule has 0 spiro atoms. The van der Waals surface area contributed by atoms with Gasteiger partial charge in [-0.25, -0.2) is 0 Å². The summed E-state index contributed by atoms with van der Waals surface area (Å²) in [4.78, 5) is 38.0. The Balaban J connectivity index is 1.83. The Morgan fingerprint density at radius 1 is 1.18 bits per heavy atom. The fourth-order valence-corrected chi connectivity index (χ4v) is 3.52. The lowest BCUT2D eigenvalue weighted by Crippen LogP contribution is -2.46. The highest BCUT2D eigenvalue weighted by Gasteiger charge is 2.28. The van der Waals surface area contributed by atoms with E-state index in [0.717, 1.165) is 12.0 Å². The van der Waals surface area contributed by atoms with Crippen molar-refractivity contribution >= 4 is 23.8 Å². The molecule has 1 unspecified atom stereocenters. The monoisotopic (exact) mass is 385 g/mol. The van der Waals surface area contributed by atoms with Crippen molar-refractivity contribution in [1.29, 1.82) is 0 Å². The summed E-state index contributed by atoms with van der Waals surface area (Å²) in [6, 6.07) is 9.46. The van der Waals surface area contributed by atoms with Gasteiger partial charge in [-0.05, 0) is 36.8 Å². The molecule has 6 nitrogen and oxygen atoms in total. The van der Waals surface area contributed by atoms with Gasteiger partial charge in [-0.2, -0.15) is 0 Å². The Hall–Kier alpha value is -2.63. The highest BCUT2D eigenvalue weighted by atomic mass is 16.2. The van der Waals surface area contributed by atoms with Crippen LogP contribution < -0.4 is 11.1 Å².